The minimum Gasteiger partial charge on any atom is -0.466 e. The van der Waals surface area contributed by atoms with Gasteiger partial charge >= 0.3 is 5.97 Å². The maximum atomic E-state index is 11.8. The van der Waals surface area contributed by atoms with Gasteiger partial charge in [-0.05, 0) is 33.2 Å². The average Bonchev–Trinajstić information content (AvgIpc) is 2.87. The van der Waals surface area contributed by atoms with Gasteiger partial charge in [-0.1, -0.05) is 4.49 Å². The zero-order chi connectivity index (χ0) is 14.4. The Labute approximate surface area is 123 Å². The Balaban J connectivity index is 1.92. The maximum absolute atomic E-state index is 11.8. The highest BCUT2D eigenvalue weighted by atomic mass is 32.1. The van der Waals surface area contributed by atoms with Crippen LogP contribution < -0.4 is 5.32 Å². The standard InChI is InChI=1S/C13H22N4O2S/c1-3-14-12-11(15-16-20-12)9-17-7-5-6-10(8-17)13(18)19-4-2/h10,14H,3-9H2,1-2H3. The molecule has 1 aliphatic rings. The van der Waals surface area contributed by atoms with Gasteiger partial charge < -0.3 is 10.1 Å². The lowest BCUT2D eigenvalue weighted by Crippen LogP contribution is -2.39. The van der Waals surface area contributed by atoms with Gasteiger partial charge in [-0.2, -0.15) is 0 Å². The van der Waals surface area contributed by atoms with E-state index in [-0.39, 0.29) is 11.9 Å². The third-order valence-corrected chi connectivity index (χ3v) is 4.12. The highest BCUT2D eigenvalue weighted by molar-refractivity contribution is 7.10. The van der Waals surface area contributed by atoms with Crippen molar-refractivity contribution in [1.29, 1.82) is 0 Å². The Hall–Kier alpha value is -1.21. The van der Waals surface area contributed by atoms with E-state index in [4.69, 9.17) is 4.74 Å². The number of carbonyl (C=O) groups excluding carboxylic acids is 1. The van der Waals surface area contributed by atoms with Crippen molar-refractivity contribution >= 4 is 22.5 Å². The van der Waals surface area contributed by atoms with Crippen molar-refractivity contribution < 1.29 is 9.53 Å². The van der Waals surface area contributed by atoms with Gasteiger partial charge in [-0.15, -0.1) is 5.10 Å². The molecule has 1 unspecified atom stereocenters. The third-order valence-electron chi connectivity index (χ3n) is 3.39. The lowest BCUT2D eigenvalue weighted by atomic mass is 9.98. The molecule has 1 aromatic rings. The topological polar surface area (TPSA) is 67.4 Å². The fraction of sp³-hybridized carbons (Fsp3) is 0.769. The largest absolute Gasteiger partial charge is 0.466 e. The number of aromatic nitrogens is 2. The number of rotatable bonds is 6. The fourth-order valence-corrected chi connectivity index (χ4v) is 3.11. The number of anilines is 1. The van der Waals surface area contributed by atoms with Crippen LogP contribution in [0.5, 0.6) is 0 Å². The lowest BCUT2D eigenvalue weighted by Gasteiger charge is -2.30. The molecule has 0 spiro atoms. The van der Waals surface area contributed by atoms with Crippen molar-refractivity contribution in [1.82, 2.24) is 14.5 Å². The van der Waals surface area contributed by atoms with Gasteiger partial charge in [0.15, 0.2) is 0 Å². The summed E-state index contributed by atoms with van der Waals surface area (Å²) in [4.78, 5) is 14.1. The summed E-state index contributed by atoms with van der Waals surface area (Å²) in [5.74, 6) is -0.0709. The Morgan fingerprint density at radius 2 is 2.40 bits per heavy atom. The molecule has 0 aromatic carbocycles. The smallest absolute Gasteiger partial charge is 0.310 e. The van der Waals surface area contributed by atoms with Crippen molar-refractivity contribution in [2.24, 2.45) is 5.92 Å². The number of likely N-dealkylation sites (tertiary alicyclic amines) is 1. The van der Waals surface area contributed by atoms with Gasteiger partial charge in [-0.3, -0.25) is 9.69 Å². The molecule has 0 aliphatic carbocycles. The molecule has 6 nitrogen and oxygen atoms in total. The van der Waals surface area contributed by atoms with E-state index in [9.17, 15) is 4.79 Å². The van der Waals surface area contributed by atoms with Gasteiger partial charge in [0.25, 0.3) is 0 Å². The Bertz CT molecular complexity index is 438. The van der Waals surface area contributed by atoms with Crippen molar-refractivity contribution in [3.63, 3.8) is 0 Å². The first-order valence-corrected chi connectivity index (χ1v) is 7.96. The summed E-state index contributed by atoms with van der Waals surface area (Å²) in [5, 5.41) is 8.49. The van der Waals surface area contributed by atoms with Crippen LogP contribution in [0.2, 0.25) is 0 Å². The number of carbonyl (C=O) groups is 1. The van der Waals surface area contributed by atoms with E-state index in [0.717, 1.165) is 49.7 Å². The first-order valence-electron chi connectivity index (χ1n) is 7.18. The lowest BCUT2D eigenvalue weighted by molar-refractivity contribution is -0.150. The number of nitrogens with one attached hydrogen (secondary N) is 1. The van der Waals surface area contributed by atoms with E-state index in [1.54, 1.807) is 0 Å². The molecule has 2 heterocycles. The van der Waals surface area contributed by atoms with Crippen LogP contribution in [0.1, 0.15) is 32.4 Å². The number of nitrogens with zero attached hydrogens (tertiary/aromatic N) is 3. The van der Waals surface area contributed by atoms with Crippen molar-refractivity contribution in [3.05, 3.63) is 5.69 Å². The van der Waals surface area contributed by atoms with Crippen LogP contribution >= 0.6 is 11.5 Å². The highest BCUT2D eigenvalue weighted by Gasteiger charge is 2.27. The van der Waals surface area contributed by atoms with Crippen LogP contribution in [0.4, 0.5) is 5.00 Å². The van der Waals surface area contributed by atoms with Gasteiger partial charge in [-0.25, -0.2) is 0 Å². The highest BCUT2D eigenvalue weighted by Crippen LogP contribution is 2.23. The summed E-state index contributed by atoms with van der Waals surface area (Å²) in [6.45, 7) is 7.72. The zero-order valence-corrected chi connectivity index (χ0v) is 12.9. The maximum Gasteiger partial charge on any atom is 0.310 e. The zero-order valence-electron chi connectivity index (χ0n) is 12.1. The van der Waals surface area contributed by atoms with Crippen LogP contribution in [0.15, 0.2) is 0 Å². The SMILES string of the molecule is CCNc1snnc1CN1CCCC(C(=O)OCC)C1. The number of esters is 1. The molecule has 1 atom stereocenters. The van der Waals surface area contributed by atoms with E-state index >= 15 is 0 Å². The number of hydrogen-bond acceptors (Lipinski definition) is 7. The summed E-state index contributed by atoms with van der Waals surface area (Å²) in [7, 11) is 0. The Morgan fingerprint density at radius 1 is 1.55 bits per heavy atom. The molecule has 2 rings (SSSR count). The van der Waals surface area contributed by atoms with E-state index in [1.165, 1.54) is 11.5 Å². The third kappa shape index (κ3) is 3.89. The molecule has 20 heavy (non-hydrogen) atoms. The van der Waals surface area contributed by atoms with E-state index < -0.39 is 0 Å². The predicted octanol–water partition coefficient (Wildman–Crippen LogP) is 1.74. The summed E-state index contributed by atoms with van der Waals surface area (Å²) in [6.07, 6.45) is 1.95. The number of ether oxygens (including phenoxy) is 1. The molecule has 0 radical (unpaired) electrons. The molecule has 0 amide bonds. The van der Waals surface area contributed by atoms with Crippen LogP contribution in [0.3, 0.4) is 0 Å². The van der Waals surface area contributed by atoms with Gasteiger partial charge in [0.2, 0.25) is 0 Å². The summed E-state index contributed by atoms with van der Waals surface area (Å²) >= 11 is 1.39. The molecule has 1 aromatic heterocycles. The summed E-state index contributed by atoms with van der Waals surface area (Å²) < 4.78 is 9.12. The minimum atomic E-state index is -0.0690. The molecule has 112 valence electrons. The number of hydrogen-bond donors (Lipinski definition) is 1. The van der Waals surface area contributed by atoms with E-state index in [0.29, 0.717) is 6.61 Å². The Morgan fingerprint density at radius 3 is 3.15 bits per heavy atom. The van der Waals surface area contributed by atoms with Gasteiger partial charge in [0.05, 0.1) is 12.5 Å². The van der Waals surface area contributed by atoms with Crippen LogP contribution in [-0.4, -0.2) is 46.7 Å². The second-order valence-electron chi connectivity index (χ2n) is 4.91. The van der Waals surface area contributed by atoms with E-state index in [1.807, 2.05) is 6.92 Å². The molecule has 1 aliphatic heterocycles. The minimum absolute atomic E-state index is 0.00196. The van der Waals surface area contributed by atoms with Crippen LogP contribution in [0, 0.1) is 5.92 Å². The summed E-state index contributed by atoms with van der Waals surface area (Å²) in [6, 6.07) is 0. The quantitative estimate of drug-likeness (QED) is 0.807. The van der Waals surface area contributed by atoms with Gasteiger partial charge in [0, 0.05) is 31.2 Å². The first kappa shape index (κ1) is 15.2. The predicted molar refractivity (Wildman–Crippen MR) is 78.7 cm³/mol. The normalized spacial score (nSPS) is 19.8. The van der Waals surface area contributed by atoms with Crippen LogP contribution in [-0.2, 0) is 16.1 Å². The molecule has 0 bridgehead atoms. The summed E-state index contributed by atoms with van der Waals surface area (Å²) in [5.41, 5.74) is 0.973. The van der Waals surface area contributed by atoms with E-state index in [2.05, 4.69) is 26.7 Å². The molecular weight excluding hydrogens is 276 g/mol. The van der Waals surface area contributed by atoms with Crippen molar-refractivity contribution in [2.75, 3.05) is 31.6 Å². The van der Waals surface area contributed by atoms with Crippen LogP contribution in [0.25, 0.3) is 0 Å². The monoisotopic (exact) mass is 298 g/mol. The fourth-order valence-electron chi connectivity index (χ4n) is 2.47. The molecule has 7 heteroatoms. The molecule has 1 fully saturated rings. The average molecular weight is 298 g/mol. The number of piperidine rings is 1. The second-order valence-corrected chi connectivity index (χ2v) is 5.66. The second kappa shape index (κ2) is 7.54. The molecule has 1 N–H and O–H groups in total. The molecule has 0 saturated carbocycles. The van der Waals surface area contributed by atoms with Crippen molar-refractivity contribution in [2.45, 2.75) is 33.2 Å². The first-order chi connectivity index (χ1) is 9.74. The molecular formula is C13H22N4O2S. The van der Waals surface area contributed by atoms with Gasteiger partial charge in [0.1, 0.15) is 10.7 Å². The van der Waals surface area contributed by atoms with Crippen molar-refractivity contribution in [3.8, 4) is 0 Å². The Kier molecular flexibility index (Phi) is 5.72. The molecule has 1 saturated heterocycles.